The van der Waals surface area contributed by atoms with E-state index in [1.807, 2.05) is 17.5 Å². The van der Waals surface area contributed by atoms with Gasteiger partial charge in [-0.25, -0.2) is 0 Å². The Morgan fingerprint density at radius 2 is 2.08 bits per heavy atom. The Labute approximate surface area is 80.0 Å². The van der Waals surface area contributed by atoms with Gasteiger partial charge in [0.15, 0.2) is 0 Å². The predicted octanol–water partition coefficient (Wildman–Crippen LogP) is 3.69. The molecule has 0 saturated heterocycles. The van der Waals surface area contributed by atoms with Crippen LogP contribution in [0.25, 0.3) is 21.0 Å². The van der Waals surface area contributed by atoms with Crippen LogP contribution in [0.3, 0.4) is 0 Å². The first kappa shape index (κ1) is 7.15. The number of aromatic nitrogens is 1. The van der Waals surface area contributed by atoms with E-state index in [1.165, 1.54) is 25.9 Å². The first-order valence-corrected chi connectivity index (χ1v) is 5.12. The Hall–Kier alpha value is -1.28. The van der Waals surface area contributed by atoms with Gasteiger partial charge in [-0.2, -0.15) is 0 Å². The number of nitrogens with one attached hydrogen (secondary N) is 1. The molecule has 0 spiro atoms. The summed E-state index contributed by atoms with van der Waals surface area (Å²) in [5.74, 6) is 0. The van der Waals surface area contributed by atoms with Gasteiger partial charge in [0.1, 0.15) is 0 Å². The van der Waals surface area contributed by atoms with Crippen LogP contribution in [-0.4, -0.2) is 4.98 Å². The van der Waals surface area contributed by atoms with E-state index in [0.29, 0.717) is 0 Å². The molecule has 0 atom stereocenters. The van der Waals surface area contributed by atoms with Crippen LogP contribution in [0.15, 0.2) is 30.5 Å². The lowest BCUT2D eigenvalue weighted by Gasteiger charge is -1.90. The van der Waals surface area contributed by atoms with Crippen LogP contribution < -0.4 is 0 Å². The molecule has 0 bridgehead atoms. The zero-order valence-corrected chi connectivity index (χ0v) is 8.11. The second-order valence-electron chi connectivity index (χ2n) is 3.27. The fraction of sp³-hybridized carbons (Fsp3) is 0.0909. The summed E-state index contributed by atoms with van der Waals surface area (Å²) < 4.78 is 1.38. The number of aromatic amines is 1. The molecule has 3 aromatic rings. The summed E-state index contributed by atoms with van der Waals surface area (Å²) in [6.07, 6.45) is 2.00. The van der Waals surface area contributed by atoms with Crippen LogP contribution in [0.4, 0.5) is 0 Å². The Balaban J connectivity index is 2.64. The van der Waals surface area contributed by atoms with Crippen molar-refractivity contribution in [3.8, 4) is 0 Å². The number of hydrogen-bond donors (Lipinski definition) is 1. The first-order valence-electron chi connectivity index (χ1n) is 4.31. The third kappa shape index (κ3) is 0.923. The molecule has 0 unspecified atom stereocenters. The number of fused-ring (bicyclic) bond motifs is 3. The number of H-pyrrole nitrogens is 1. The molecule has 64 valence electrons. The van der Waals surface area contributed by atoms with Crippen molar-refractivity contribution in [3.63, 3.8) is 0 Å². The predicted molar refractivity (Wildman–Crippen MR) is 58.4 cm³/mol. The standard InChI is InChI=1S/C11H9NS/c1-7-6-9-8-4-5-12-10(8)2-3-11(9)13-7/h2-6,12H,1H3. The van der Waals surface area contributed by atoms with Crippen LogP contribution in [-0.2, 0) is 0 Å². The van der Waals surface area contributed by atoms with Gasteiger partial charge in [0.25, 0.3) is 0 Å². The monoisotopic (exact) mass is 187 g/mol. The lowest BCUT2D eigenvalue weighted by Crippen LogP contribution is -1.66. The highest BCUT2D eigenvalue weighted by Gasteiger charge is 2.03. The van der Waals surface area contributed by atoms with Crippen molar-refractivity contribution >= 4 is 32.3 Å². The summed E-state index contributed by atoms with van der Waals surface area (Å²) in [6, 6.07) is 8.74. The van der Waals surface area contributed by atoms with Crippen molar-refractivity contribution < 1.29 is 0 Å². The molecule has 13 heavy (non-hydrogen) atoms. The van der Waals surface area contributed by atoms with Gasteiger partial charge in [0.05, 0.1) is 0 Å². The maximum absolute atomic E-state index is 3.23. The van der Waals surface area contributed by atoms with E-state index >= 15 is 0 Å². The number of thiophene rings is 1. The average molecular weight is 187 g/mol. The Morgan fingerprint density at radius 1 is 1.15 bits per heavy atom. The number of hydrogen-bond acceptors (Lipinski definition) is 1. The quantitative estimate of drug-likeness (QED) is 0.552. The minimum atomic E-state index is 1.23. The summed E-state index contributed by atoms with van der Waals surface area (Å²) >= 11 is 1.86. The highest BCUT2D eigenvalue weighted by atomic mass is 32.1. The van der Waals surface area contributed by atoms with E-state index in [9.17, 15) is 0 Å². The lowest BCUT2D eigenvalue weighted by molar-refractivity contribution is 1.48. The maximum Gasteiger partial charge on any atom is 0.0461 e. The van der Waals surface area contributed by atoms with Crippen molar-refractivity contribution in [2.45, 2.75) is 6.92 Å². The molecule has 1 N–H and O–H groups in total. The van der Waals surface area contributed by atoms with Crippen LogP contribution in [0, 0.1) is 6.92 Å². The summed E-state index contributed by atoms with van der Waals surface area (Å²) in [5, 5.41) is 2.71. The lowest BCUT2D eigenvalue weighted by atomic mass is 10.2. The molecule has 0 amide bonds. The molecule has 2 heteroatoms. The highest BCUT2D eigenvalue weighted by molar-refractivity contribution is 7.19. The number of aryl methyl sites for hydroxylation is 1. The SMILES string of the molecule is Cc1cc2c(ccc3[nH]ccc32)s1. The van der Waals surface area contributed by atoms with E-state index in [-0.39, 0.29) is 0 Å². The van der Waals surface area contributed by atoms with Gasteiger partial charge in [-0.05, 0) is 31.2 Å². The van der Waals surface area contributed by atoms with E-state index in [0.717, 1.165) is 0 Å². The Morgan fingerprint density at radius 3 is 3.00 bits per heavy atom. The van der Waals surface area contributed by atoms with Crippen molar-refractivity contribution in [2.75, 3.05) is 0 Å². The molecular weight excluding hydrogens is 178 g/mol. The van der Waals surface area contributed by atoms with Gasteiger partial charge in [0.2, 0.25) is 0 Å². The van der Waals surface area contributed by atoms with Gasteiger partial charge in [-0.15, -0.1) is 11.3 Å². The minimum Gasteiger partial charge on any atom is -0.361 e. The molecule has 3 rings (SSSR count). The fourth-order valence-corrected chi connectivity index (χ4v) is 2.72. The third-order valence-corrected chi connectivity index (χ3v) is 3.37. The van der Waals surface area contributed by atoms with Crippen LogP contribution in [0.1, 0.15) is 4.88 Å². The van der Waals surface area contributed by atoms with Crippen molar-refractivity contribution in [3.05, 3.63) is 35.3 Å². The van der Waals surface area contributed by atoms with Gasteiger partial charge < -0.3 is 4.98 Å². The zero-order chi connectivity index (χ0) is 8.84. The van der Waals surface area contributed by atoms with E-state index in [1.54, 1.807) is 0 Å². The first-order chi connectivity index (χ1) is 6.34. The summed E-state index contributed by atoms with van der Waals surface area (Å²) in [4.78, 5) is 4.60. The number of benzene rings is 1. The molecular formula is C11H9NS. The molecule has 0 radical (unpaired) electrons. The molecule has 0 aliphatic carbocycles. The normalized spacial score (nSPS) is 11.5. The maximum atomic E-state index is 3.23. The van der Waals surface area contributed by atoms with E-state index in [2.05, 4.69) is 36.2 Å². The van der Waals surface area contributed by atoms with Crippen LogP contribution in [0.2, 0.25) is 0 Å². The van der Waals surface area contributed by atoms with E-state index < -0.39 is 0 Å². The molecule has 1 aromatic carbocycles. The molecule has 1 nitrogen and oxygen atoms in total. The molecule has 0 aliphatic rings. The topological polar surface area (TPSA) is 15.8 Å². The molecule has 0 fully saturated rings. The Kier molecular flexibility index (Phi) is 1.30. The molecule has 0 aliphatic heterocycles. The summed E-state index contributed by atoms with van der Waals surface area (Å²) in [6.45, 7) is 2.16. The summed E-state index contributed by atoms with van der Waals surface area (Å²) in [7, 11) is 0. The van der Waals surface area contributed by atoms with E-state index in [4.69, 9.17) is 0 Å². The molecule has 2 aromatic heterocycles. The van der Waals surface area contributed by atoms with Crippen LogP contribution in [0.5, 0.6) is 0 Å². The van der Waals surface area contributed by atoms with Gasteiger partial charge >= 0.3 is 0 Å². The average Bonchev–Trinajstić information content (AvgIpc) is 2.65. The minimum absolute atomic E-state index is 1.23. The van der Waals surface area contributed by atoms with Gasteiger partial charge in [-0.1, -0.05) is 0 Å². The molecule has 0 saturated carbocycles. The van der Waals surface area contributed by atoms with Crippen molar-refractivity contribution in [1.29, 1.82) is 0 Å². The van der Waals surface area contributed by atoms with Crippen LogP contribution >= 0.6 is 11.3 Å². The fourth-order valence-electron chi connectivity index (χ4n) is 1.78. The summed E-state index contributed by atoms with van der Waals surface area (Å²) in [5.41, 5.74) is 1.23. The third-order valence-electron chi connectivity index (χ3n) is 2.35. The highest BCUT2D eigenvalue weighted by Crippen LogP contribution is 2.30. The Bertz CT molecular complexity index is 574. The smallest absolute Gasteiger partial charge is 0.0461 e. The second-order valence-corrected chi connectivity index (χ2v) is 4.56. The van der Waals surface area contributed by atoms with Gasteiger partial charge in [0, 0.05) is 32.1 Å². The van der Waals surface area contributed by atoms with Crippen molar-refractivity contribution in [1.82, 2.24) is 4.98 Å². The largest absolute Gasteiger partial charge is 0.361 e. The zero-order valence-electron chi connectivity index (χ0n) is 7.29. The number of rotatable bonds is 0. The van der Waals surface area contributed by atoms with Gasteiger partial charge in [-0.3, -0.25) is 0 Å². The second kappa shape index (κ2) is 2.36. The molecule has 2 heterocycles. The van der Waals surface area contributed by atoms with Crippen molar-refractivity contribution in [2.24, 2.45) is 0 Å².